The van der Waals surface area contributed by atoms with Crippen LogP contribution in [0.1, 0.15) is 36.8 Å². The summed E-state index contributed by atoms with van der Waals surface area (Å²) in [6.07, 6.45) is 2.47. The third kappa shape index (κ3) is 3.49. The Balaban J connectivity index is 1.56. The normalized spacial score (nSPS) is 28.0. The molecule has 7 nitrogen and oxygen atoms in total. The van der Waals surface area contributed by atoms with E-state index in [1.807, 2.05) is 13.0 Å². The molecule has 2 saturated heterocycles. The Kier molecular flexibility index (Phi) is 4.22. The van der Waals surface area contributed by atoms with Gasteiger partial charge in [-0.2, -0.15) is 0 Å². The molecule has 1 aromatic heterocycles. The number of carbonyl (C=O) groups excluding carboxylic acids is 1. The van der Waals surface area contributed by atoms with Gasteiger partial charge in [-0.3, -0.25) is 9.69 Å². The number of aromatic nitrogens is 1. The SMILES string of the molecule is Cc1cc([C@H]2CCCN2CC(=O)N[C@H]2CCS(=O)(=O)C2)on1. The van der Waals surface area contributed by atoms with Crippen LogP contribution in [0.15, 0.2) is 10.6 Å². The molecule has 3 rings (SSSR count). The van der Waals surface area contributed by atoms with Gasteiger partial charge in [0.05, 0.1) is 29.8 Å². The summed E-state index contributed by atoms with van der Waals surface area (Å²) in [5.74, 6) is 0.905. The molecule has 1 aromatic rings. The summed E-state index contributed by atoms with van der Waals surface area (Å²) in [5.41, 5.74) is 0.836. The summed E-state index contributed by atoms with van der Waals surface area (Å²) in [4.78, 5) is 14.2. The Bertz CT molecular complexity index is 655. The molecule has 2 aliphatic heterocycles. The first-order valence-electron chi connectivity index (χ1n) is 7.60. The van der Waals surface area contributed by atoms with Gasteiger partial charge in [-0.1, -0.05) is 5.16 Å². The maximum Gasteiger partial charge on any atom is 0.234 e. The van der Waals surface area contributed by atoms with Gasteiger partial charge in [0.25, 0.3) is 0 Å². The van der Waals surface area contributed by atoms with Gasteiger partial charge in [-0.05, 0) is 32.7 Å². The molecule has 2 atom stereocenters. The summed E-state index contributed by atoms with van der Waals surface area (Å²) in [6, 6.07) is 1.75. The van der Waals surface area contributed by atoms with E-state index in [0.29, 0.717) is 6.42 Å². The Morgan fingerprint density at radius 1 is 1.50 bits per heavy atom. The van der Waals surface area contributed by atoms with Crippen molar-refractivity contribution in [3.05, 3.63) is 17.5 Å². The quantitative estimate of drug-likeness (QED) is 0.862. The number of carbonyl (C=O) groups is 1. The number of nitrogens with one attached hydrogen (secondary N) is 1. The average Bonchev–Trinajstić information content (AvgIpc) is 3.11. The zero-order valence-electron chi connectivity index (χ0n) is 12.6. The minimum absolute atomic E-state index is 0.0590. The summed E-state index contributed by atoms with van der Waals surface area (Å²) < 4.78 is 28.2. The van der Waals surface area contributed by atoms with Crippen LogP contribution in [0.2, 0.25) is 0 Å². The lowest BCUT2D eigenvalue weighted by atomic mass is 10.1. The van der Waals surface area contributed by atoms with Crippen molar-refractivity contribution in [1.29, 1.82) is 0 Å². The minimum atomic E-state index is -2.97. The molecule has 0 bridgehead atoms. The second-order valence-electron chi connectivity index (χ2n) is 6.17. The van der Waals surface area contributed by atoms with E-state index in [1.54, 1.807) is 0 Å². The molecule has 8 heteroatoms. The fraction of sp³-hybridized carbons (Fsp3) is 0.714. The van der Waals surface area contributed by atoms with Crippen LogP contribution in [0, 0.1) is 6.92 Å². The predicted octanol–water partition coefficient (Wildman–Crippen LogP) is 0.423. The molecule has 0 unspecified atom stereocenters. The van der Waals surface area contributed by atoms with Crippen LogP contribution in [0.4, 0.5) is 0 Å². The van der Waals surface area contributed by atoms with E-state index in [4.69, 9.17) is 4.52 Å². The molecule has 22 heavy (non-hydrogen) atoms. The Hall–Kier alpha value is -1.41. The van der Waals surface area contributed by atoms with Crippen LogP contribution in [0.3, 0.4) is 0 Å². The van der Waals surface area contributed by atoms with Gasteiger partial charge < -0.3 is 9.84 Å². The van der Waals surface area contributed by atoms with Crippen molar-refractivity contribution in [3.8, 4) is 0 Å². The van der Waals surface area contributed by atoms with Crippen LogP contribution < -0.4 is 5.32 Å². The first-order valence-corrected chi connectivity index (χ1v) is 9.42. The fourth-order valence-corrected chi connectivity index (χ4v) is 4.92. The topological polar surface area (TPSA) is 92.5 Å². The Morgan fingerprint density at radius 2 is 2.32 bits per heavy atom. The molecule has 1 N–H and O–H groups in total. The average molecular weight is 327 g/mol. The molecular formula is C14H21N3O4S. The summed E-state index contributed by atoms with van der Waals surface area (Å²) in [6.45, 7) is 2.97. The minimum Gasteiger partial charge on any atom is -0.359 e. The Labute approximate surface area is 129 Å². The largest absolute Gasteiger partial charge is 0.359 e. The van der Waals surface area contributed by atoms with E-state index >= 15 is 0 Å². The number of nitrogens with zero attached hydrogens (tertiary/aromatic N) is 2. The highest BCUT2D eigenvalue weighted by Crippen LogP contribution is 2.31. The van der Waals surface area contributed by atoms with E-state index in [1.165, 1.54) is 0 Å². The molecule has 2 aliphatic rings. The van der Waals surface area contributed by atoms with Gasteiger partial charge in [-0.25, -0.2) is 8.42 Å². The molecule has 0 aliphatic carbocycles. The van der Waals surface area contributed by atoms with Gasteiger partial charge in [0.15, 0.2) is 15.6 Å². The molecule has 0 saturated carbocycles. The lowest BCUT2D eigenvalue weighted by molar-refractivity contribution is -0.123. The van der Waals surface area contributed by atoms with Gasteiger partial charge in [0.2, 0.25) is 5.91 Å². The van der Waals surface area contributed by atoms with Crippen molar-refractivity contribution in [2.24, 2.45) is 0 Å². The first kappa shape index (κ1) is 15.5. The molecule has 2 fully saturated rings. The maximum atomic E-state index is 12.2. The number of likely N-dealkylation sites (tertiary alicyclic amines) is 1. The molecule has 0 spiro atoms. The van der Waals surface area contributed by atoms with Crippen molar-refractivity contribution in [2.75, 3.05) is 24.6 Å². The van der Waals surface area contributed by atoms with E-state index in [-0.39, 0.29) is 36.0 Å². The van der Waals surface area contributed by atoms with Crippen LogP contribution in [0.25, 0.3) is 0 Å². The fourth-order valence-electron chi connectivity index (χ4n) is 3.24. The van der Waals surface area contributed by atoms with E-state index < -0.39 is 9.84 Å². The lowest BCUT2D eigenvalue weighted by Crippen LogP contribution is -2.42. The van der Waals surface area contributed by atoms with E-state index in [2.05, 4.69) is 15.4 Å². The van der Waals surface area contributed by atoms with E-state index in [9.17, 15) is 13.2 Å². The molecule has 0 radical (unpaired) electrons. The number of hydrogen-bond donors (Lipinski definition) is 1. The molecule has 0 aromatic carbocycles. The highest BCUT2D eigenvalue weighted by molar-refractivity contribution is 7.91. The zero-order valence-corrected chi connectivity index (χ0v) is 13.4. The molecule has 1 amide bonds. The lowest BCUT2D eigenvalue weighted by Gasteiger charge is -2.22. The number of hydrogen-bond acceptors (Lipinski definition) is 6. The molecular weight excluding hydrogens is 306 g/mol. The van der Waals surface area contributed by atoms with Crippen LogP contribution in [-0.4, -0.2) is 55.0 Å². The third-order valence-corrected chi connectivity index (χ3v) is 6.05. The highest BCUT2D eigenvalue weighted by atomic mass is 32.2. The number of rotatable bonds is 4. The molecule has 122 valence electrons. The van der Waals surface area contributed by atoms with Crippen LogP contribution in [-0.2, 0) is 14.6 Å². The van der Waals surface area contributed by atoms with Gasteiger partial charge in [-0.15, -0.1) is 0 Å². The van der Waals surface area contributed by atoms with Gasteiger partial charge in [0, 0.05) is 12.1 Å². The smallest absolute Gasteiger partial charge is 0.234 e. The van der Waals surface area contributed by atoms with Gasteiger partial charge in [0.1, 0.15) is 0 Å². The molecule has 3 heterocycles. The summed E-state index contributed by atoms with van der Waals surface area (Å²) in [7, 11) is -2.97. The van der Waals surface area contributed by atoms with Crippen LogP contribution >= 0.6 is 0 Å². The van der Waals surface area contributed by atoms with E-state index in [0.717, 1.165) is 30.8 Å². The third-order valence-electron chi connectivity index (χ3n) is 4.28. The monoisotopic (exact) mass is 327 g/mol. The zero-order chi connectivity index (χ0) is 15.7. The first-order chi connectivity index (χ1) is 10.4. The summed E-state index contributed by atoms with van der Waals surface area (Å²) in [5, 5.41) is 6.74. The number of amides is 1. The van der Waals surface area contributed by atoms with Crippen molar-refractivity contribution in [3.63, 3.8) is 0 Å². The standard InChI is InChI=1S/C14H21N3O4S/c1-10-7-13(21-16-10)12-3-2-5-17(12)8-14(18)15-11-4-6-22(19,20)9-11/h7,11-12H,2-6,8-9H2,1H3,(H,15,18)/t11-,12+/m0/s1. The number of aryl methyl sites for hydroxylation is 1. The Morgan fingerprint density at radius 3 is 2.95 bits per heavy atom. The van der Waals surface area contributed by atoms with Gasteiger partial charge >= 0.3 is 0 Å². The maximum absolute atomic E-state index is 12.2. The van der Waals surface area contributed by atoms with Crippen LogP contribution in [0.5, 0.6) is 0 Å². The number of sulfone groups is 1. The second-order valence-corrected chi connectivity index (χ2v) is 8.40. The highest BCUT2D eigenvalue weighted by Gasteiger charge is 2.32. The van der Waals surface area contributed by atoms with Crippen molar-refractivity contribution in [1.82, 2.24) is 15.4 Å². The van der Waals surface area contributed by atoms with Crippen molar-refractivity contribution in [2.45, 2.75) is 38.3 Å². The van der Waals surface area contributed by atoms with Crippen molar-refractivity contribution >= 4 is 15.7 Å². The summed E-state index contributed by atoms with van der Waals surface area (Å²) >= 11 is 0. The second kappa shape index (κ2) is 6.00. The predicted molar refractivity (Wildman–Crippen MR) is 80.0 cm³/mol. The van der Waals surface area contributed by atoms with Crippen molar-refractivity contribution < 1.29 is 17.7 Å².